The second kappa shape index (κ2) is 6.92. The average Bonchev–Trinajstić information content (AvgIpc) is 2.87. The van der Waals surface area contributed by atoms with Crippen molar-refractivity contribution in [1.82, 2.24) is 14.8 Å². The number of nitrogens with zero attached hydrogens (tertiary/aromatic N) is 3. The van der Waals surface area contributed by atoms with Gasteiger partial charge in [-0.05, 0) is 52.0 Å². The molecule has 8 heteroatoms. The Balaban J connectivity index is 2.34. The lowest BCUT2D eigenvalue weighted by molar-refractivity contribution is 0.149. The summed E-state index contributed by atoms with van der Waals surface area (Å²) in [4.78, 5) is 4.10. The van der Waals surface area contributed by atoms with Crippen molar-refractivity contribution in [3.05, 3.63) is 35.6 Å². The minimum atomic E-state index is -3.56. The molecular formula is C14H19ClN3O3P. The fourth-order valence-electron chi connectivity index (χ4n) is 1.77. The molecule has 120 valence electrons. The molecule has 0 amide bonds. The largest absolute Gasteiger partial charge is 0.400 e. The maximum Gasteiger partial charge on any atom is 0.400 e. The Morgan fingerprint density at radius 3 is 2.14 bits per heavy atom. The van der Waals surface area contributed by atoms with Crippen LogP contribution in [0.2, 0.25) is 5.02 Å². The van der Waals surface area contributed by atoms with Crippen LogP contribution >= 0.6 is 19.2 Å². The van der Waals surface area contributed by atoms with Crippen molar-refractivity contribution in [1.29, 1.82) is 0 Å². The molecule has 0 atom stereocenters. The van der Waals surface area contributed by atoms with Crippen LogP contribution in [0, 0.1) is 0 Å². The quantitative estimate of drug-likeness (QED) is 0.750. The zero-order chi connectivity index (χ0) is 16.3. The molecular weight excluding hydrogens is 325 g/mol. The minimum absolute atomic E-state index is 0.0462. The van der Waals surface area contributed by atoms with Gasteiger partial charge in [0.05, 0.1) is 17.9 Å². The third-order valence-corrected chi connectivity index (χ3v) is 4.86. The Kier molecular flexibility index (Phi) is 5.40. The summed E-state index contributed by atoms with van der Waals surface area (Å²) in [6, 6.07) is 7.07. The molecule has 2 aromatic rings. The highest BCUT2D eigenvalue weighted by Crippen LogP contribution is 2.48. The molecule has 2 rings (SSSR count). The van der Waals surface area contributed by atoms with E-state index in [2.05, 4.69) is 10.1 Å². The summed E-state index contributed by atoms with van der Waals surface area (Å²) in [6.07, 6.45) is 0.928. The molecule has 0 N–H and O–H groups in total. The number of hydrogen-bond donors (Lipinski definition) is 0. The lowest BCUT2D eigenvalue weighted by Crippen LogP contribution is -2.20. The summed E-state index contributed by atoms with van der Waals surface area (Å²) in [5.41, 5.74) is 0.800. The third kappa shape index (κ3) is 4.17. The second-order valence-corrected chi connectivity index (χ2v) is 7.52. The van der Waals surface area contributed by atoms with E-state index in [1.807, 2.05) is 0 Å². The molecule has 0 aliphatic rings. The molecule has 0 unspecified atom stereocenters. The fourth-order valence-corrected chi connectivity index (χ4v) is 3.65. The number of hydrogen-bond acceptors (Lipinski definition) is 5. The first kappa shape index (κ1) is 17.2. The smallest absolute Gasteiger partial charge is 0.300 e. The molecule has 1 heterocycles. The number of rotatable bonds is 6. The Hall–Kier alpha value is -1.20. The monoisotopic (exact) mass is 343 g/mol. The lowest BCUT2D eigenvalue weighted by Gasteiger charge is -2.19. The zero-order valence-corrected chi connectivity index (χ0v) is 14.6. The van der Waals surface area contributed by atoms with Crippen LogP contribution in [0.1, 0.15) is 27.7 Å². The third-order valence-electron chi connectivity index (χ3n) is 2.52. The van der Waals surface area contributed by atoms with Gasteiger partial charge >= 0.3 is 7.60 Å². The van der Waals surface area contributed by atoms with Gasteiger partial charge in [0, 0.05) is 5.02 Å². The summed E-state index contributed by atoms with van der Waals surface area (Å²) in [5, 5.41) is 4.86. The zero-order valence-electron chi connectivity index (χ0n) is 12.9. The fraction of sp³-hybridized carbons (Fsp3) is 0.429. The van der Waals surface area contributed by atoms with Gasteiger partial charge in [-0.2, -0.15) is 0 Å². The highest BCUT2D eigenvalue weighted by molar-refractivity contribution is 7.61. The van der Waals surface area contributed by atoms with Crippen LogP contribution < -0.4 is 5.57 Å². The van der Waals surface area contributed by atoms with Crippen LogP contribution in [0.4, 0.5) is 0 Å². The predicted molar refractivity (Wildman–Crippen MR) is 86.1 cm³/mol. The van der Waals surface area contributed by atoms with Gasteiger partial charge in [0.15, 0.2) is 0 Å². The van der Waals surface area contributed by atoms with Gasteiger partial charge < -0.3 is 9.05 Å². The van der Waals surface area contributed by atoms with E-state index in [-0.39, 0.29) is 17.8 Å². The maximum atomic E-state index is 12.9. The van der Waals surface area contributed by atoms with E-state index in [0.29, 0.717) is 5.02 Å². The van der Waals surface area contributed by atoms with E-state index in [9.17, 15) is 4.57 Å². The van der Waals surface area contributed by atoms with Crippen molar-refractivity contribution in [2.75, 3.05) is 0 Å². The van der Waals surface area contributed by atoms with E-state index < -0.39 is 7.60 Å². The molecule has 0 radical (unpaired) electrons. The van der Waals surface area contributed by atoms with Crippen molar-refractivity contribution < 1.29 is 13.6 Å². The highest BCUT2D eigenvalue weighted by atomic mass is 35.5. The molecule has 0 saturated heterocycles. The first-order valence-electron chi connectivity index (χ1n) is 6.95. The van der Waals surface area contributed by atoms with Gasteiger partial charge in [-0.3, -0.25) is 4.57 Å². The Labute approximate surface area is 134 Å². The average molecular weight is 344 g/mol. The van der Waals surface area contributed by atoms with Gasteiger partial charge in [0.1, 0.15) is 6.33 Å². The first-order valence-corrected chi connectivity index (χ1v) is 8.87. The van der Waals surface area contributed by atoms with Crippen molar-refractivity contribution in [2.24, 2.45) is 0 Å². The van der Waals surface area contributed by atoms with Gasteiger partial charge in [-0.15, -0.1) is 5.10 Å². The Morgan fingerprint density at radius 2 is 1.64 bits per heavy atom. The van der Waals surface area contributed by atoms with Crippen LogP contribution in [0.15, 0.2) is 30.6 Å². The minimum Gasteiger partial charge on any atom is -0.300 e. The van der Waals surface area contributed by atoms with Crippen LogP contribution in [-0.4, -0.2) is 27.0 Å². The van der Waals surface area contributed by atoms with E-state index in [0.717, 1.165) is 5.69 Å². The molecule has 1 aromatic heterocycles. The number of halogens is 1. The van der Waals surface area contributed by atoms with E-state index in [4.69, 9.17) is 20.6 Å². The molecule has 1 aromatic carbocycles. The molecule has 0 bridgehead atoms. The lowest BCUT2D eigenvalue weighted by atomic mass is 10.3. The van der Waals surface area contributed by atoms with Crippen molar-refractivity contribution in [3.8, 4) is 5.69 Å². The van der Waals surface area contributed by atoms with Crippen molar-refractivity contribution in [3.63, 3.8) is 0 Å². The van der Waals surface area contributed by atoms with Crippen molar-refractivity contribution in [2.45, 2.75) is 39.9 Å². The van der Waals surface area contributed by atoms with E-state index >= 15 is 0 Å². The van der Waals surface area contributed by atoms with E-state index in [1.165, 1.54) is 11.0 Å². The SMILES string of the molecule is CC(C)OP(=O)(OC(C)C)c1ncn(-c2ccc(Cl)cc2)n1. The standard InChI is InChI=1S/C14H19ClN3O3P/c1-10(2)20-22(19,21-11(3)4)14-16-9-18(17-14)13-7-5-12(15)6-8-13/h5-11H,1-4H3. The van der Waals surface area contributed by atoms with E-state index in [1.54, 1.807) is 52.0 Å². The Morgan fingerprint density at radius 1 is 1.09 bits per heavy atom. The summed E-state index contributed by atoms with van der Waals surface area (Å²) < 4.78 is 25.4. The summed E-state index contributed by atoms with van der Waals surface area (Å²) in [7, 11) is -3.56. The normalized spacial score (nSPS) is 12.3. The topological polar surface area (TPSA) is 66.2 Å². The molecule has 22 heavy (non-hydrogen) atoms. The Bertz CT molecular complexity index is 656. The van der Waals surface area contributed by atoms with Gasteiger partial charge in [-0.1, -0.05) is 11.6 Å². The van der Waals surface area contributed by atoms with Crippen LogP contribution in [0.5, 0.6) is 0 Å². The molecule has 0 saturated carbocycles. The molecule has 0 fully saturated rings. The highest BCUT2D eigenvalue weighted by Gasteiger charge is 2.35. The summed E-state index contributed by atoms with van der Waals surface area (Å²) in [5.74, 6) is 0. The van der Waals surface area contributed by atoms with Crippen LogP contribution in [-0.2, 0) is 13.6 Å². The summed E-state index contributed by atoms with van der Waals surface area (Å²) >= 11 is 5.86. The number of aromatic nitrogens is 3. The van der Waals surface area contributed by atoms with Crippen LogP contribution in [0.25, 0.3) is 5.69 Å². The molecule has 0 aliphatic carbocycles. The molecule has 6 nitrogen and oxygen atoms in total. The van der Waals surface area contributed by atoms with Crippen molar-refractivity contribution >= 4 is 24.8 Å². The number of benzene rings is 1. The molecule has 0 spiro atoms. The molecule has 0 aliphatic heterocycles. The van der Waals surface area contributed by atoms with Gasteiger partial charge in [0.2, 0.25) is 0 Å². The van der Waals surface area contributed by atoms with Crippen LogP contribution in [0.3, 0.4) is 0 Å². The maximum absolute atomic E-state index is 12.9. The first-order chi connectivity index (χ1) is 10.3. The summed E-state index contributed by atoms with van der Waals surface area (Å²) in [6.45, 7) is 7.14. The predicted octanol–water partition coefficient (Wildman–Crippen LogP) is 3.59. The van der Waals surface area contributed by atoms with Gasteiger partial charge in [-0.25, -0.2) is 9.67 Å². The van der Waals surface area contributed by atoms with Gasteiger partial charge in [0.25, 0.3) is 5.57 Å². The second-order valence-electron chi connectivity index (χ2n) is 5.27.